The van der Waals surface area contributed by atoms with E-state index in [9.17, 15) is 0 Å². The summed E-state index contributed by atoms with van der Waals surface area (Å²) in [5.41, 5.74) is 16.9. The van der Waals surface area contributed by atoms with E-state index >= 15 is 0 Å². The molecule has 3 aliphatic rings. The van der Waals surface area contributed by atoms with Crippen LogP contribution in [0.4, 0.5) is 17.1 Å². The molecule has 0 fully saturated rings. The Bertz CT molecular complexity index is 2260. The molecule has 0 aliphatic carbocycles. The highest BCUT2D eigenvalue weighted by Gasteiger charge is 2.43. The standard InChI is InChI=1S/C45H41B2NS2/c1-27(2)30-23-32(28(3)4)44(33(24-30)29(5)6)47-35-18-11-13-21-40(35)49-42-26-43-36(25-37(42)47)46-34-17-10-12-19-38(34)48(31-15-8-7-9-16-31)39-20-14-22-41(50-43)45(39)46/h7-29H,1-6H3. The van der Waals surface area contributed by atoms with E-state index in [2.05, 4.69) is 168 Å². The average Bonchev–Trinajstić information content (AvgIpc) is 3.12. The van der Waals surface area contributed by atoms with Crippen molar-refractivity contribution in [2.24, 2.45) is 0 Å². The van der Waals surface area contributed by atoms with Gasteiger partial charge in [-0.15, -0.1) is 0 Å². The summed E-state index contributed by atoms with van der Waals surface area (Å²) in [6, 6.07) is 46.3. The summed E-state index contributed by atoms with van der Waals surface area (Å²) in [4.78, 5) is 8.00. The molecule has 0 amide bonds. The minimum atomic E-state index is 0.166. The molecule has 0 bridgehead atoms. The second-order valence-electron chi connectivity index (χ2n) is 15.0. The second-order valence-corrected chi connectivity index (χ2v) is 17.2. The summed E-state index contributed by atoms with van der Waals surface area (Å²) in [6.07, 6.45) is 0. The van der Waals surface area contributed by atoms with Gasteiger partial charge in [0.25, 0.3) is 0 Å². The van der Waals surface area contributed by atoms with Crippen LogP contribution in [0.1, 0.15) is 76.0 Å². The first-order chi connectivity index (χ1) is 24.3. The van der Waals surface area contributed by atoms with Crippen LogP contribution in [0.15, 0.2) is 141 Å². The highest BCUT2D eigenvalue weighted by atomic mass is 32.2. The smallest absolute Gasteiger partial charge is 0.249 e. The Morgan fingerprint density at radius 1 is 0.440 bits per heavy atom. The highest BCUT2D eigenvalue weighted by Crippen LogP contribution is 2.43. The van der Waals surface area contributed by atoms with Gasteiger partial charge < -0.3 is 4.90 Å². The fourth-order valence-electron chi connectivity index (χ4n) is 8.60. The monoisotopic (exact) mass is 681 g/mol. The van der Waals surface area contributed by atoms with Gasteiger partial charge in [-0.25, -0.2) is 0 Å². The molecule has 3 heterocycles. The van der Waals surface area contributed by atoms with Crippen molar-refractivity contribution in [2.75, 3.05) is 4.90 Å². The molecular weight excluding hydrogens is 640 g/mol. The SMILES string of the molecule is CC(C)c1cc(C(C)C)c(B2c3ccccc3Sc3cc4c(cc32)B2c3ccccc3N(c3ccccc3)c3cccc(c32)S4)c(C(C)C)c1. The maximum atomic E-state index is 2.63. The van der Waals surface area contributed by atoms with E-state index < -0.39 is 0 Å². The van der Waals surface area contributed by atoms with Gasteiger partial charge in [0.2, 0.25) is 13.4 Å². The number of hydrogen-bond donors (Lipinski definition) is 0. The van der Waals surface area contributed by atoms with Gasteiger partial charge in [0, 0.05) is 36.6 Å². The van der Waals surface area contributed by atoms with E-state index in [1.165, 1.54) is 86.1 Å². The van der Waals surface area contributed by atoms with Gasteiger partial charge >= 0.3 is 0 Å². The van der Waals surface area contributed by atoms with Crippen molar-refractivity contribution in [2.45, 2.75) is 78.9 Å². The predicted molar refractivity (Wildman–Crippen MR) is 220 cm³/mol. The lowest BCUT2D eigenvalue weighted by atomic mass is 9.31. The summed E-state index contributed by atoms with van der Waals surface area (Å²) in [6.45, 7) is 14.6. The van der Waals surface area contributed by atoms with Crippen molar-refractivity contribution < 1.29 is 0 Å². The molecule has 0 spiro atoms. The molecule has 5 heteroatoms. The molecule has 0 N–H and O–H groups in total. The highest BCUT2D eigenvalue weighted by molar-refractivity contribution is 8.01. The minimum absolute atomic E-state index is 0.166. The van der Waals surface area contributed by atoms with Crippen LogP contribution in [0.2, 0.25) is 0 Å². The van der Waals surface area contributed by atoms with Crippen LogP contribution in [0, 0.1) is 0 Å². The fraction of sp³-hybridized carbons (Fsp3) is 0.200. The van der Waals surface area contributed by atoms with Crippen LogP contribution >= 0.6 is 23.5 Å². The van der Waals surface area contributed by atoms with E-state index in [1.54, 1.807) is 0 Å². The Hall–Kier alpha value is -4.05. The van der Waals surface area contributed by atoms with Crippen LogP contribution in [-0.4, -0.2) is 13.4 Å². The quantitative estimate of drug-likeness (QED) is 0.167. The summed E-state index contributed by atoms with van der Waals surface area (Å²) in [5.74, 6) is 1.33. The Morgan fingerprint density at radius 2 is 1.00 bits per heavy atom. The summed E-state index contributed by atoms with van der Waals surface area (Å²) < 4.78 is 0. The number of anilines is 3. The third-order valence-corrected chi connectivity index (χ3v) is 13.3. The first kappa shape index (κ1) is 31.9. The topological polar surface area (TPSA) is 3.24 Å². The lowest BCUT2D eigenvalue weighted by molar-refractivity contribution is 0.812. The molecule has 6 aromatic rings. The summed E-state index contributed by atoms with van der Waals surface area (Å²) >= 11 is 3.91. The summed E-state index contributed by atoms with van der Waals surface area (Å²) in [7, 11) is 0. The number of rotatable bonds is 5. The molecule has 9 rings (SSSR count). The molecule has 50 heavy (non-hydrogen) atoms. The Labute approximate surface area is 307 Å². The molecule has 0 aromatic heterocycles. The van der Waals surface area contributed by atoms with Crippen LogP contribution in [0.5, 0.6) is 0 Å². The van der Waals surface area contributed by atoms with Crippen LogP contribution in [0.25, 0.3) is 0 Å². The average molecular weight is 682 g/mol. The molecule has 0 unspecified atom stereocenters. The van der Waals surface area contributed by atoms with Crippen LogP contribution in [0.3, 0.4) is 0 Å². The number of para-hydroxylation sites is 2. The van der Waals surface area contributed by atoms with Crippen molar-refractivity contribution in [3.05, 3.63) is 138 Å². The van der Waals surface area contributed by atoms with Gasteiger partial charge in [0.1, 0.15) is 0 Å². The molecule has 0 saturated carbocycles. The van der Waals surface area contributed by atoms with Crippen LogP contribution in [-0.2, 0) is 0 Å². The number of benzene rings is 6. The molecule has 0 radical (unpaired) electrons. The van der Waals surface area contributed by atoms with Crippen molar-refractivity contribution >= 4 is 86.8 Å². The van der Waals surface area contributed by atoms with E-state index in [-0.39, 0.29) is 13.4 Å². The first-order valence-electron chi connectivity index (χ1n) is 18.2. The number of nitrogens with zero attached hydrogens (tertiary/aromatic N) is 1. The Balaban J connectivity index is 1.31. The van der Waals surface area contributed by atoms with Gasteiger partial charge in [-0.2, -0.15) is 0 Å². The van der Waals surface area contributed by atoms with E-state index in [4.69, 9.17) is 0 Å². The van der Waals surface area contributed by atoms with Crippen molar-refractivity contribution in [1.29, 1.82) is 0 Å². The van der Waals surface area contributed by atoms with Gasteiger partial charge in [0.15, 0.2) is 0 Å². The van der Waals surface area contributed by atoms with Gasteiger partial charge in [-0.1, -0.05) is 166 Å². The predicted octanol–water partition coefficient (Wildman–Crippen LogP) is 8.80. The van der Waals surface area contributed by atoms with Crippen molar-refractivity contribution in [1.82, 2.24) is 0 Å². The number of hydrogen-bond acceptors (Lipinski definition) is 3. The lowest BCUT2D eigenvalue weighted by Gasteiger charge is -2.41. The molecule has 244 valence electrons. The van der Waals surface area contributed by atoms with Crippen LogP contribution < -0.4 is 37.7 Å². The number of fused-ring (bicyclic) bond motifs is 6. The molecule has 3 aliphatic heterocycles. The van der Waals surface area contributed by atoms with Crippen molar-refractivity contribution in [3.8, 4) is 0 Å². The third kappa shape index (κ3) is 4.95. The zero-order valence-corrected chi connectivity index (χ0v) is 31.3. The normalized spacial score (nSPS) is 14.1. The first-order valence-corrected chi connectivity index (χ1v) is 19.8. The second kappa shape index (κ2) is 12.3. The Morgan fingerprint density at radius 3 is 1.68 bits per heavy atom. The zero-order chi connectivity index (χ0) is 34.3. The van der Waals surface area contributed by atoms with Gasteiger partial charge in [0.05, 0.1) is 0 Å². The molecule has 0 atom stereocenters. The molecule has 6 aromatic carbocycles. The molecule has 0 saturated heterocycles. The van der Waals surface area contributed by atoms with E-state index in [0.717, 1.165) is 0 Å². The van der Waals surface area contributed by atoms with E-state index in [1.807, 2.05) is 23.5 Å². The van der Waals surface area contributed by atoms with Crippen molar-refractivity contribution in [3.63, 3.8) is 0 Å². The maximum Gasteiger partial charge on any atom is 0.249 e. The maximum absolute atomic E-state index is 2.63. The lowest BCUT2D eigenvalue weighted by Crippen LogP contribution is -2.63. The molecule has 1 nitrogen and oxygen atoms in total. The van der Waals surface area contributed by atoms with E-state index in [0.29, 0.717) is 17.8 Å². The molecular formula is C45H41B2NS2. The van der Waals surface area contributed by atoms with Gasteiger partial charge in [-0.05, 0) is 87.8 Å². The third-order valence-electron chi connectivity index (χ3n) is 11.0. The fourth-order valence-corrected chi connectivity index (χ4v) is 11.0. The zero-order valence-electron chi connectivity index (χ0n) is 29.7. The minimum Gasteiger partial charge on any atom is -0.311 e. The Kier molecular flexibility index (Phi) is 7.86. The van der Waals surface area contributed by atoms with Gasteiger partial charge in [-0.3, -0.25) is 0 Å². The summed E-state index contributed by atoms with van der Waals surface area (Å²) in [5, 5.41) is 0. The largest absolute Gasteiger partial charge is 0.311 e.